The maximum atomic E-state index is 9.58. The summed E-state index contributed by atoms with van der Waals surface area (Å²) >= 11 is 0. The lowest BCUT2D eigenvalue weighted by Crippen LogP contribution is -2.09. The van der Waals surface area contributed by atoms with Gasteiger partial charge in [0.2, 0.25) is 0 Å². The number of phenols is 3. The predicted octanol–water partition coefficient (Wildman–Crippen LogP) is 10.6. The molecule has 0 aliphatic carbocycles. The van der Waals surface area contributed by atoms with E-state index >= 15 is 0 Å². The van der Waals surface area contributed by atoms with Crippen molar-refractivity contribution >= 4 is 17.1 Å². The number of nitroso groups, excluding NO2 is 1. The number of benzene rings is 3. The highest BCUT2D eigenvalue weighted by Gasteiger charge is 2.06. The molecule has 12 heteroatoms. The van der Waals surface area contributed by atoms with Crippen molar-refractivity contribution in [3.05, 3.63) is 81.1 Å². The third-order valence-electron chi connectivity index (χ3n) is 6.23. The second-order valence-corrected chi connectivity index (χ2v) is 14.6. The van der Waals surface area contributed by atoms with E-state index in [1.807, 2.05) is 18.2 Å². The van der Waals surface area contributed by atoms with Crippen molar-refractivity contribution in [2.45, 2.75) is 120 Å². The fraction of sp³-hybridized carbons (Fsp3) is 0.561. The second kappa shape index (κ2) is 31.0. The minimum Gasteiger partial charge on any atom is -0.508 e. The van der Waals surface area contributed by atoms with Gasteiger partial charge in [-0.2, -0.15) is 4.91 Å². The minimum absolute atomic E-state index is 0. The van der Waals surface area contributed by atoms with Gasteiger partial charge in [0.25, 0.3) is 0 Å². The first-order valence-electron chi connectivity index (χ1n) is 18.3. The standard InChI is InChI=1S/3C13H21NO.CH3NO.CH5N.HNO2.H2/c3*1-9(2)5-11-6-12(14-10(3)4)8-13(15)7-11;1-2-3;1-2;2-1-3;/h3*6-10,14-15H,5H2,1-4H3;1H3;2H2,1H3;(H,2,3);1H. The summed E-state index contributed by atoms with van der Waals surface area (Å²) in [7, 11) is 2.69. The van der Waals surface area contributed by atoms with E-state index < -0.39 is 0 Å². The zero-order valence-corrected chi connectivity index (χ0v) is 34.9. The summed E-state index contributed by atoms with van der Waals surface area (Å²) in [5.41, 5.74) is 11.1. The van der Waals surface area contributed by atoms with Crippen LogP contribution >= 0.6 is 0 Å². The van der Waals surface area contributed by atoms with Crippen LogP contribution in [0, 0.1) is 27.6 Å². The molecule has 12 nitrogen and oxygen atoms in total. The van der Waals surface area contributed by atoms with Crippen molar-refractivity contribution < 1.29 is 22.0 Å². The van der Waals surface area contributed by atoms with Gasteiger partial charge in [-0.05, 0) is 139 Å². The molecule has 0 heterocycles. The Morgan fingerprint density at radius 3 is 0.849 bits per heavy atom. The average Bonchev–Trinajstić information content (AvgIpc) is 2.97. The summed E-state index contributed by atoms with van der Waals surface area (Å²) in [4.78, 5) is 16.7. The summed E-state index contributed by atoms with van der Waals surface area (Å²) in [6, 6.07) is 18.3. The van der Waals surface area contributed by atoms with E-state index in [2.05, 4.69) is 128 Å². The Balaban J connectivity index is -0.000000313. The van der Waals surface area contributed by atoms with Crippen molar-refractivity contribution in [2.75, 3.05) is 30.0 Å². The summed E-state index contributed by atoms with van der Waals surface area (Å²) in [6.07, 6.45) is 3.00. The Bertz CT molecular complexity index is 1140. The lowest BCUT2D eigenvalue weighted by atomic mass is 10.0. The molecule has 0 bridgehead atoms. The first-order chi connectivity index (χ1) is 24.7. The van der Waals surface area contributed by atoms with Gasteiger partial charge in [-0.25, -0.2) is 0 Å². The minimum atomic E-state index is 0. The monoisotopic (exact) mass is 747 g/mol. The lowest BCUT2D eigenvalue weighted by molar-refractivity contribution is 0.312. The molecule has 0 aromatic heterocycles. The number of anilines is 3. The third kappa shape index (κ3) is 31.9. The van der Waals surface area contributed by atoms with Crippen LogP contribution < -0.4 is 21.7 Å². The van der Waals surface area contributed by atoms with E-state index in [1.165, 1.54) is 36.1 Å². The fourth-order valence-corrected chi connectivity index (χ4v) is 5.04. The highest BCUT2D eigenvalue weighted by molar-refractivity contribution is 5.53. The quantitative estimate of drug-likeness (QED) is 0.0651. The number of nitrogens with zero attached hydrogens (tertiary/aromatic N) is 2. The van der Waals surface area contributed by atoms with E-state index in [0.717, 1.165) is 36.3 Å². The van der Waals surface area contributed by atoms with E-state index in [9.17, 15) is 15.3 Å². The van der Waals surface area contributed by atoms with Crippen LogP contribution in [-0.4, -0.2) is 52.7 Å². The van der Waals surface area contributed by atoms with Gasteiger partial charge < -0.3 is 42.2 Å². The van der Waals surface area contributed by atoms with E-state index in [0.29, 0.717) is 53.1 Å². The molecule has 0 aliphatic rings. The van der Waals surface area contributed by atoms with Crippen LogP contribution in [-0.2, 0) is 19.3 Å². The molecule has 53 heavy (non-hydrogen) atoms. The molecule has 0 atom stereocenters. The van der Waals surface area contributed by atoms with Crippen LogP contribution in [0.3, 0.4) is 0 Å². The van der Waals surface area contributed by atoms with Crippen LogP contribution in [0.2, 0.25) is 0 Å². The van der Waals surface area contributed by atoms with Gasteiger partial charge in [-0.1, -0.05) is 46.7 Å². The molecule has 0 spiro atoms. The van der Waals surface area contributed by atoms with Gasteiger partial charge in [0.15, 0.2) is 5.34 Å². The highest BCUT2D eigenvalue weighted by atomic mass is 16.6. The van der Waals surface area contributed by atoms with Gasteiger partial charge in [0, 0.05) is 54.8 Å². The largest absolute Gasteiger partial charge is 0.508 e. The van der Waals surface area contributed by atoms with Crippen molar-refractivity contribution in [3.8, 4) is 17.2 Å². The predicted molar refractivity (Wildman–Crippen MR) is 228 cm³/mol. The highest BCUT2D eigenvalue weighted by Crippen LogP contribution is 2.24. The molecule has 304 valence electrons. The van der Waals surface area contributed by atoms with Crippen molar-refractivity contribution in [1.29, 1.82) is 0 Å². The summed E-state index contributed by atoms with van der Waals surface area (Å²) < 4.78 is 0. The smallest absolute Gasteiger partial charge is 0.152 e. The number of hydrogen-bond acceptors (Lipinski definition) is 11. The normalized spacial score (nSPS) is 9.98. The Hall–Kier alpha value is -4.58. The molecule has 3 rings (SSSR count). The van der Waals surface area contributed by atoms with Crippen molar-refractivity contribution in [3.63, 3.8) is 0 Å². The van der Waals surface area contributed by atoms with Gasteiger partial charge in [-0.3, -0.25) is 0 Å². The Kier molecular flexibility index (Phi) is 30.9. The molecular weight excluding hydrogens is 672 g/mol. The van der Waals surface area contributed by atoms with Crippen molar-refractivity contribution in [1.82, 2.24) is 0 Å². The number of aromatic hydroxyl groups is 3. The number of rotatable bonds is 12. The van der Waals surface area contributed by atoms with Gasteiger partial charge in [0.05, 0.1) is 7.05 Å². The first-order valence-corrected chi connectivity index (χ1v) is 18.3. The molecule has 0 saturated carbocycles. The van der Waals surface area contributed by atoms with Crippen LogP contribution in [0.1, 0.15) is 101 Å². The zero-order chi connectivity index (χ0) is 41.7. The summed E-state index contributed by atoms with van der Waals surface area (Å²) in [5, 5.41) is 48.8. The van der Waals surface area contributed by atoms with Gasteiger partial charge in [0.1, 0.15) is 17.2 Å². The molecule has 0 radical (unpaired) electrons. The number of phenolic OH excluding ortho intramolecular Hbond substituents is 3. The molecule has 0 amide bonds. The van der Waals surface area contributed by atoms with E-state index in [1.54, 1.807) is 18.2 Å². The molecule has 3 aromatic rings. The summed E-state index contributed by atoms with van der Waals surface area (Å²) in [5.74, 6) is 2.86. The first kappa shape index (κ1) is 52.8. The zero-order valence-electron chi connectivity index (χ0n) is 34.9. The fourth-order valence-electron chi connectivity index (χ4n) is 5.04. The Morgan fingerprint density at radius 2 is 0.698 bits per heavy atom. The Morgan fingerprint density at radius 1 is 0.509 bits per heavy atom. The van der Waals surface area contributed by atoms with Gasteiger partial charge in [-0.15, -0.1) is 4.91 Å². The van der Waals surface area contributed by atoms with Crippen LogP contribution in [0.5, 0.6) is 17.2 Å². The van der Waals surface area contributed by atoms with E-state index in [4.69, 9.17) is 15.0 Å². The van der Waals surface area contributed by atoms with E-state index in [-0.39, 0.29) is 1.43 Å². The SMILES string of the molecule is CC(C)Cc1cc(O)cc(NC(C)C)c1.CC(C)Cc1cc(O)cc(NC(C)C)c1.CC(C)Cc1cc(O)cc(NC(C)C)c1.CN.CN=O.O=NO.[HH]. The van der Waals surface area contributed by atoms with Gasteiger partial charge >= 0.3 is 0 Å². The maximum absolute atomic E-state index is 9.58. The molecular formula is C41H74N6O6. The molecule has 0 aliphatic heterocycles. The lowest BCUT2D eigenvalue weighted by Gasteiger charge is -2.13. The second-order valence-electron chi connectivity index (χ2n) is 14.6. The number of nitrogens with two attached hydrogens (primary N) is 1. The Labute approximate surface area is 321 Å². The topological polar surface area (TPSA) is 202 Å². The summed E-state index contributed by atoms with van der Waals surface area (Å²) in [6.45, 7) is 25.6. The third-order valence-corrected chi connectivity index (χ3v) is 6.23. The van der Waals surface area contributed by atoms with Crippen LogP contribution in [0.15, 0.2) is 65.1 Å². The number of nitrogens with one attached hydrogen (secondary N) is 3. The van der Waals surface area contributed by atoms with Crippen LogP contribution in [0.4, 0.5) is 17.1 Å². The molecule has 0 saturated heterocycles. The maximum Gasteiger partial charge on any atom is 0.152 e. The number of hydrogen-bond donors (Lipinski definition) is 8. The molecule has 3 aromatic carbocycles. The van der Waals surface area contributed by atoms with Crippen LogP contribution in [0.25, 0.3) is 0 Å². The molecule has 9 N–H and O–H groups in total. The average molecular weight is 747 g/mol. The molecule has 0 fully saturated rings. The molecule has 0 unspecified atom stereocenters. The van der Waals surface area contributed by atoms with Crippen molar-refractivity contribution in [2.24, 2.45) is 34.0 Å².